The molecule has 6 heteroatoms. The summed E-state index contributed by atoms with van der Waals surface area (Å²) in [5.41, 5.74) is 2.29. The summed E-state index contributed by atoms with van der Waals surface area (Å²) in [6, 6.07) is 13.0. The number of halogens is 1. The van der Waals surface area contributed by atoms with Crippen molar-refractivity contribution in [2.75, 3.05) is 5.32 Å². The summed E-state index contributed by atoms with van der Waals surface area (Å²) in [7, 11) is 0. The van der Waals surface area contributed by atoms with Crippen LogP contribution in [0.3, 0.4) is 0 Å². The summed E-state index contributed by atoms with van der Waals surface area (Å²) in [6.45, 7) is 4.23. The van der Waals surface area contributed by atoms with E-state index in [2.05, 4.69) is 29.4 Å². The molecule has 0 aliphatic rings. The van der Waals surface area contributed by atoms with Crippen molar-refractivity contribution in [3.63, 3.8) is 0 Å². The quantitative estimate of drug-likeness (QED) is 0.778. The van der Waals surface area contributed by atoms with E-state index in [1.54, 1.807) is 0 Å². The highest BCUT2D eigenvalue weighted by Crippen LogP contribution is 2.23. The van der Waals surface area contributed by atoms with Crippen LogP contribution in [0.1, 0.15) is 35.7 Å². The van der Waals surface area contributed by atoms with Crippen LogP contribution in [0.4, 0.5) is 10.4 Å². The van der Waals surface area contributed by atoms with Crippen molar-refractivity contribution in [1.82, 2.24) is 10.2 Å². The van der Waals surface area contributed by atoms with E-state index in [4.69, 9.17) is 4.42 Å². The van der Waals surface area contributed by atoms with Gasteiger partial charge in [0, 0.05) is 11.1 Å². The van der Waals surface area contributed by atoms with Crippen LogP contribution in [0.5, 0.6) is 0 Å². The van der Waals surface area contributed by atoms with Crippen molar-refractivity contribution in [1.29, 1.82) is 0 Å². The van der Waals surface area contributed by atoms with Gasteiger partial charge in [-0.05, 0) is 47.9 Å². The summed E-state index contributed by atoms with van der Waals surface area (Å²) in [4.78, 5) is 12.0. The Bertz CT molecular complexity index is 839. The maximum absolute atomic E-state index is 12.9. The molecule has 0 saturated carbocycles. The molecule has 0 unspecified atom stereocenters. The molecule has 1 aromatic heterocycles. The van der Waals surface area contributed by atoms with E-state index in [-0.39, 0.29) is 6.01 Å². The molecule has 1 heterocycles. The van der Waals surface area contributed by atoms with Gasteiger partial charge in [-0.3, -0.25) is 10.1 Å². The molecule has 3 rings (SSSR count). The highest BCUT2D eigenvalue weighted by molar-refractivity contribution is 6.03. The molecule has 0 bridgehead atoms. The van der Waals surface area contributed by atoms with Gasteiger partial charge in [0.25, 0.3) is 5.91 Å². The van der Waals surface area contributed by atoms with Crippen molar-refractivity contribution in [2.24, 2.45) is 0 Å². The second-order valence-electron chi connectivity index (χ2n) is 5.65. The Morgan fingerprint density at radius 1 is 1.04 bits per heavy atom. The van der Waals surface area contributed by atoms with Crippen molar-refractivity contribution in [2.45, 2.75) is 19.8 Å². The summed E-state index contributed by atoms with van der Waals surface area (Å²) >= 11 is 0. The van der Waals surface area contributed by atoms with Gasteiger partial charge in [-0.2, -0.15) is 0 Å². The van der Waals surface area contributed by atoms with E-state index < -0.39 is 11.7 Å². The van der Waals surface area contributed by atoms with Gasteiger partial charge in [-0.25, -0.2) is 4.39 Å². The summed E-state index contributed by atoms with van der Waals surface area (Å²) in [5.74, 6) is -0.0937. The standard InChI is InChI=1S/C18H16FN3O2/c1-11(2)12-3-5-14(6-4-12)17-21-22-18(24-17)20-16(23)13-7-9-15(19)10-8-13/h3-11H,1-2H3,(H,20,22,23). The Kier molecular flexibility index (Phi) is 4.37. The molecule has 0 radical (unpaired) electrons. The minimum absolute atomic E-state index is 0.00717. The normalized spacial score (nSPS) is 10.8. The van der Waals surface area contributed by atoms with Gasteiger partial charge in [-0.15, -0.1) is 5.10 Å². The van der Waals surface area contributed by atoms with Crippen LogP contribution < -0.4 is 5.32 Å². The Morgan fingerprint density at radius 2 is 1.71 bits per heavy atom. The number of amides is 1. The number of rotatable bonds is 4. The molecular weight excluding hydrogens is 309 g/mol. The van der Waals surface area contributed by atoms with Gasteiger partial charge in [-0.1, -0.05) is 31.1 Å². The fourth-order valence-corrected chi connectivity index (χ4v) is 2.17. The fourth-order valence-electron chi connectivity index (χ4n) is 2.17. The molecule has 0 atom stereocenters. The largest absolute Gasteiger partial charge is 0.403 e. The zero-order valence-electron chi connectivity index (χ0n) is 13.3. The average molecular weight is 325 g/mol. The molecular formula is C18H16FN3O2. The molecule has 1 N–H and O–H groups in total. The maximum atomic E-state index is 12.9. The number of hydrogen-bond acceptors (Lipinski definition) is 4. The van der Waals surface area contributed by atoms with Gasteiger partial charge >= 0.3 is 6.01 Å². The fraction of sp³-hybridized carbons (Fsp3) is 0.167. The van der Waals surface area contributed by atoms with Crippen LogP contribution in [-0.2, 0) is 0 Å². The molecule has 3 aromatic rings. The van der Waals surface area contributed by atoms with Crippen LogP contribution in [0, 0.1) is 5.82 Å². The lowest BCUT2D eigenvalue weighted by molar-refractivity contribution is 0.102. The van der Waals surface area contributed by atoms with Crippen molar-refractivity contribution in [3.8, 4) is 11.5 Å². The molecule has 0 aliphatic carbocycles. The van der Waals surface area contributed by atoms with E-state index in [0.29, 0.717) is 17.4 Å². The van der Waals surface area contributed by atoms with E-state index in [9.17, 15) is 9.18 Å². The van der Waals surface area contributed by atoms with Crippen LogP contribution in [-0.4, -0.2) is 16.1 Å². The third kappa shape index (κ3) is 3.48. The maximum Gasteiger partial charge on any atom is 0.322 e. The molecule has 0 spiro atoms. The SMILES string of the molecule is CC(C)c1ccc(-c2nnc(NC(=O)c3ccc(F)cc3)o2)cc1. The number of anilines is 1. The van der Waals surface area contributed by atoms with Crippen molar-refractivity contribution in [3.05, 3.63) is 65.5 Å². The monoisotopic (exact) mass is 325 g/mol. The molecule has 5 nitrogen and oxygen atoms in total. The summed E-state index contributed by atoms with van der Waals surface area (Å²) < 4.78 is 18.3. The Balaban J connectivity index is 1.73. The average Bonchev–Trinajstić information content (AvgIpc) is 3.04. The highest BCUT2D eigenvalue weighted by Gasteiger charge is 2.13. The molecule has 24 heavy (non-hydrogen) atoms. The predicted molar refractivity (Wildman–Crippen MR) is 88.2 cm³/mol. The Labute approximate surface area is 138 Å². The van der Waals surface area contributed by atoms with Crippen LogP contribution in [0.2, 0.25) is 0 Å². The Hall–Kier alpha value is -3.02. The number of hydrogen-bond donors (Lipinski definition) is 1. The summed E-state index contributed by atoms with van der Waals surface area (Å²) in [6.07, 6.45) is 0. The zero-order valence-corrected chi connectivity index (χ0v) is 13.3. The lowest BCUT2D eigenvalue weighted by Gasteiger charge is -2.04. The van der Waals surface area contributed by atoms with Crippen molar-refractivity contribution >= 4 is 11.9 Å². The van der Waals surface area contributed by atoms with Gasteiger partial charge in [0.05, 0.1) is 0 Å². The van der Waals surface area contributed by atoms with Crippen LogP contribution in [0.15, 0.2) is 52.9 Å². The number of aromatic nitrogens is 2. The van der Waals surface area contributed by atoms with E-state index >= 15 is 0 Å². The Morgan fingerprint density at radius 3 is 2.33 bits per heavy atom. The van der Waals surface area contributed by atoms with E-state index in [1.807, 2.05) is 24.3 Å². The minimum atomic E-state index is -0.444. The number of nitrogens with zero attached hydrogens (tertiary/aromatic N) is 2. The number of carbonyl (C=O) groups excluding carboxylic acids is 1. The van der Waals surface area contributed by atoms with Crippen molar-refractivity contribution < 1.29 is 13.6 Å². The van der Waals surface area contributed by atoms with Crippen LogP contribution >= 0.6 is 0 Å². The van der Waals surface area contributed by atoms with Gasteiger partial charge in [0.1, 0.15) is 5.82 Å². The molecule has 0 aliphatic heterocycles. The van der Waals surface area contributed by atoms with Gasteiger partial charge in [0.2, 0.25) is 5.89 Å². The third-order valence-corrected chi connectivity index (χ3v) is 3.58. The molecule has 0 fully saturated rings. The molecule has 122 valence electrons. The molecule has 2 aromatic carbocycles. The van der Waals surface area contributed by atoms with Crippen LogP contribution in [0.25, 0.3) is 11.5 Å². The number of nitrogens with one attached hydrogen (secondary N) is 1. The predicted octanol–water partition coefficient (Wildman–Crippen LogP) is 4.25. The first-order valence-corrected chi connectivity index (χ1v) is 7.53. The highest BCUT2D eigenvalue weighted by atomic mass is 19.1. The first kappa shape index (κ1) is 15.9. The van der Waals surface area contributed by atoms with Gasteiger partial charge < -0.3 is 4.42 Å². The smallest absolute Gasteiger partial charge is 0.322 e. The van der Waals surface area contributed by atoms with Gasteiger partial charge in [0.15, 0.2) is 0 Å². The second kappa shape index (κ2) is 6.62. The first-order chi connectivity index (χ1) is 11.5. The summed E-state index contributed by atoms with van der Waals surface area (Å²) in [5, 5.41) is 10.2. The number of benzene rings is 2. The lowest BCUT2D eigenvalue weighted by Crippen LogP contribution is -2.12. The molecule has 1 amide bonds. The first-order valence-electron chi connectivity index (χ1n) is 7.53. The lowest BCUT2D eigenvalue weighted by atomic mass is 10.0. The second-order valence-corrected chi connectivity index (χ2v) is 5.65. The zero-order chi connectivity index (χ0) is 17.1. The van der Waals surface area contributed by atoms with E-state index in [1.165, 1.54) is 29.8 Å². The number of carbonyl (C=O) groups is 1. The van der Waals surface area contributed by atoms with E-state index in [0.717, 1.165) is 5.56 Å². The third-order valence-electron chi connectivity index (χ3n) is 3.58. The molecule has 0 saturated heterocycles. The minimum Gasteiger partial charge on any atom is -0.403 e. The topological polar surface area (TPSA) is 68.0 Å².